The van der Waals surface area contributed by atoms with Crippen LogP contribution in [0.2, 0.25) is 0 Å². The lowest BCUT2D eigenvalue weighted by Crippen LogP contribution is -2.44. The molecule has 6 heteroatoms. The first-order valence-electron chi connectivity index (χ1n) is 9.35. The fourth-order valence-corrected chi connectivity index (χ4v) is 3.67. The molecule has 1 atom stereocenters. The number of aromatic nitrogens is 2. The minimum atomic E-state index is 0.0533. The molecule has 1 unspecified atom stereocenters. The van der Waals surface area contributed by atoms with Crippen LogP contribution in [0.1, 0.15) is 38.5 Å². The molecule has 0 bridgehead atoms. The van der Waals surface area contributed by atoms with E-state index in [1.54, 1.807) is 12.4 Å². The monoisotopic (exact) mass is 331 g/mol. The molecule has 0 spiro atoms. The summed E-state index contributed by atoms with van der Waals surface area (Å²) in [4.78, 5) is 25.7. The fraction of sp³-hybridized carbons (Fsp3) is 0.722. The van der Waals surface area contributed by atoms with Crippen molar-refractivity contribution >= 4 is 11.9 Å². The van der Waals surface area contributed by atoms with Gasteiger partial charge in [0.1, 0.15) is 0 Å². The molecular formula is C18H29N5O. The molecule has 0 aliphatic carbocycles. The summed E-state index contributed by atoms with van der Waals surface area (Å²) in [6, 6.07) is 1.82. The van der Waals surface area contributed by atoms with Crippen molar-refractivity contribution in [3.63, 3.8) is 0 Å². The van der Waals surface area contributed by atoms with Crippen LogP contribution in [0.3, 0.4) is 0 Å². The van der Waals surface area contributed by atoms with E-state index in [4.69, 9.17) is 0 Å². The Balaban J connectivity index is 1.38. The van der Waals surface area contributed by atoms with Crippen LogP contribution >= 0.6 is 0 Å². The third-order valence-corrected chi connectivity index (χ3v) is 5.03. The van der Waals surface area contributed by atoms with Gasteiger partial charge in [0, 0.05) is 32.0 Å². The molecule has 0 aromatic carbocycles. The van der Waals surface area contributed by atoms with Crippen LogP contribution in [0.5, 0.6) is 0 Å². The van der Waals surface area contributed by atoms with Gasteiger partial charge < -0.3 is 15.1 Å². The van der Waals surface area contributed by atoms with Crippen molar-refractivity contribution in [2.24, 2.45) is 5.92 Å². The average Bonchev–Trinajstić information content (AvgIpc) is 2.67. The SMILES string of the molecule is O=C(NCCCN1CCCCC1)C1CCCN(c2ncccn2)C1. The Hall–Kier alpha value is -1.69. The minimum absolute atomic E-state index is 0.0533. The smallest absolute Gasteiger partial charge is 0.225 e. The van der Waals surface area contributed by atoms with Crippen molar-refractivity contribution in [1.29, 1.82) is 0 Å². The predicted molar refractivity (Wildman–Crippen MR) is 94.9 cm³/mol. The summed E-state index contributed by atoms with van der Waals surface area (Å²) >= 11 is 0. The van der Waals surface area contributed by atoms with Gasteiger partial charge in [-0.25, -0.2) is 9.97 Å². The molecule has 2 saturated heterocycles. The Kier molecular flexibility index (Phi) is 6.41. The van der Waals surface area contributed by atoms with Gasteiger partial charge in [-0.15, -0.1) is 0 Å². The van der Waals surface area contributed by atoms with E-state index in [0.717, 1.165) is 51.4 Å². The molecule has 2 aliphatic heterocycles. The van der Waals surface area contributed by atoms with Gasteiger partial charge in [-0.3, -0.25) is 4.79 Å². The van der Waals surface area contributed by atoms with Crippen LogP contribution in [0.4, 0.5) is 5.95 Å². The average molecular weight is 331 g/mol. The maximum absolute atomic E-state index is 12.4. The van der Waals surface area contributed by atoms with Gasteiger partial charge in [0.05, 0.1) is 5.92 Å². The van der Waals surface area contributed by atoms with Gasteiger partial charge in [0.2, 0.25) is 11.9 Å². The van der Waals surface area contributed by atoms with Crippen molar-refractivity contribution in [3.8, 4) is 0 Å². The Morgan fingerprint density at radius 1 is 1.12 bits per heavy atom. The molecule has 1 amide bonds. The minimum Gasteiger partial charge on any atom is -0.356 e. The lowest BCUT2D eigenvalue weighted by molar-refractivity contribution is -0.125. The number of piperidine rings is 2. The molecule has 132 valence electrons. The van der Waals surface area contributed by atoms with E-state index < -0.39 is 0 Å². The van der Waals surface area contributed by atoms with Crippen molar-refractivity contribution in [3.05, 3.63) is 18.5 Å². The molecule has 2 fully saturated rings. The normalized spacial score (nSPS) is 22.3. The zero-order chi connectivity index (χ0) is 16.6. The molecule has 1 aromatic rings. The van der Waals surface area contributed by atoms with Crippen molar-refractivity contribution in [2.45, 2.75) is 38.5 Å². The van der Waals surface area contributed by atoms with Gasteiger partial charge in [-0.2, -0.15) is 0 Å². The van der Waals surface area contributed by atoms with Crippen LogP contribution in [0, 0.1) is 5.92 Å². The Labute approximate surface area is 144 Å². The van der Waals surface area contributed by atoms with E-state index in [2.05, 4.69) is 25.1 Å². The quantitative estimate of drug-likeness (QED) is 0.804. The molecule has 24 heavy (non-hydrogen) atoms. The van der Waals surface area contributed by atoms with Gasteiger partial charge >= 0.3 is 0 Å². The third-order valence-electron chi connectivity index (χ3n) is 5.03. The molecule has 3 heterocycles. The zero-order valence-corrected chi connectivity index (χ0v) is 14.5. The fourth-order valence-electron chi connectivity index (χ4n) is 3.67. The van der Waals surface area contributed by atoms with Crippen molar-refractivity contribution < 1.29 is 4.79 Å². The molecule has 0 radical (unpaired) electrons. The van der Waals surface area contributed by atoms with Crippen LogP contribution < -0.4 is 10.2 Å². The molecule has 2 aliphatic rings. The number of nitrogens with one attached hydrogen (secondary N) is 1. The van der Waals surface area contributed by atoms with Gasteiger partial charge in [0.25, 0.3) is 0 Å². The number of hydrogen-bond acceptors (Lipinski definition) is 5. The maximum atomic E-state index is 12.4. The third kappa shape index (κ3) is 4.90. The first-order valence-corrected chi connectivity index (χ1v) is 9.35. The zero-order valence-electron chi connectivity index (χ0n) is 14.5. The Morgan fingerprint density at radius 3 is 2.71 bits per heavy atom. The van der Waals surface area contributed by atoms with Crippen molar-refractivity contribution in [2.75, 3.05) is 44.2 Å². The lowest BCUT2D eigenvalue weighted by Gasteiger charge is -2.32. The number of likely N-dealkylation sites (tertiary alicyclic amines) is 1. The molecule has 1 aromatic heterocycles. The topological polar surface area (TPSA) is 61.4 Å². The van der Waals surface area contributed by atoms with Crippen molar-refractivity contribution in [1.82, 2.24) is 20.2 Å². The highest BCUT2D eigenvalue weighted by molar-refractivity contribution is 5.79. The first-order chi connectivity index (χ1) is 11.8. The number of nitrogens with zero attached hydrogens (tertiary/aromatic N) is 4. The Bertz CT molecular complexity index is 503. The predicted octanol–water partition coefficient (Wildman–Crippen LogP) is 1.69. The summed E-state index contributed by atoms with van der Waals surface area (Å²) in [5, 5.41) is 3.13. The molecule has 1 N–H and O–H groups in total. The number of carbonyl (C=O) groups is 1. The second-order valence-corrected chi connectivity index (χ2v) is 6.88. The summed E-state index contributed by atoms with van der Waals surface area (Å²) in [6.45, 7) is 6.00. The molecule has 3 rings (SSSR count). The molecule has 6 nitrogen and oxygen atoms in total. The molecule has 0 saturated carbocycles. The second kappa shape index (κ2) is 8.97. The number of rotatable bonds is 6. The van der Waals surface area contributed by atoms with E-state index in [1.807, 2.05) is 6.07 Å². The first kappa shape index (κ1) is 17.1. The van der Waals surface area contributed by atoms with E-state index in [9.17, 15) is 4.79 Å². The highest BCUT2D eigenvalue weighted by Crippen LogP contribution is 2.20. The van der Waals surface area contributed by atoms with E-state index in [-0.39, 0.29) is 11.8 Å². The standard InChI is InChI=1S/C18H29N5O/c24-17(19-10-6-13-22-11-2-1-3-12-22)16-7-4-14-23(15-16)18-20-8-5-9-21-18/h5,8-9,16H,1-4,6-7,10-15H2,(H,19,24). The summed E-state index contributed by atoms with van der Waals surface area (Å²) in [5.74, 6) is 0.979. The number of amides is 1. The maximum Gasteiger partial charge on any atom is 0.225 e. The van der Waals surface area contributed by atoms with Crippen LogP contribution in [0.15, 0.2) is 18.5 Å². The summed E-state index contributed by atoms with van der Waals surface area (Å²) < 4.78 is 0. The van der Waals surface area contributed by atoms with E-state index >= 15 is 0 Å². The number of anilines is 1. The van der Waals surface area contributed by atoms with Crippen LogP contribution in [-0.2, 0) is 4.79 Å². The van der Waals surface area contributed by atoms with E-state index in [0.29, 0.717) is 0 Å². The van der Waals surface area contributed by atoms with Gasteiger partial charge in [-0.05, 0) is 57.8 Å². The summed E-state index contributed by atoms with van der Waals surface area (Å²) in [6.07, 6.45) is 10.6. The number of hydrogen-bond donors (Lipinski definition) is 1. The number of carbonyl (C=O) groups excluding carboxylic acids is 1. The molecular weight excluding hydrogens is 302 g/mol. The highest BCUT2D eigenvalue weighted by atomic mass is 16.1. The summed E-state index contributed by atoms with van der Waals surface area (Å²) in [7, 11) is 0. The van der Waals surface area contributed by atoms with Gasteiger partial charge in [-0.1, -0.05) is 6.42 Å². The summed E-state index contributed by atoms with van der Waals surface area (Å²) in [5.41, 5.74) is 0. The second-order valence-electron chi connectivity index (χ2n) is 6.88. The van der Waals surface area contributed by atoms with Crippen LogP contribution in [0.25, 0.3) is 0 Å². The highest BCUT2D eigenvalue weighted by Gasteiger charge is 2.26. The van der Waals surface area contributed by atoms with Crippen LogP contribution in [-0.4, -0.2) is 60.0 Å². The van der Waals surface area contributed by atoms with E-state index in [1.165, 1.54) is 32.4 Å². The lowest BCUT2D eigenvalue weighted by atomic mass is 9.97. The van der Waals surface area contributed by atoms with Gasteiger partial charge in [0.15, 0.2) is 0 Å². The largest absolute Gasteiger partial charge is 0.356 e. The Morgan fingerprint density at radius 2 is 1.92 bits per heavy atom.